The number of carbonyl (C=O) groups excluding carboxylic acids is 1. The maximum absolute atomic E-state index is 13.6. The number of benzene rings is 2. The van der Waals surface area contributed by atoms with E-state index < -0.39 is 6.04 Å². The van der Waals surface area contributed by atoms with Crippen LogP contribution in [0.1, 0.15) is 44.6 Å². The van der Waals surface area contributed by atoms with Crippen molar-refractivity contribution in [3.05, 3.63) is 98.8 Å². The van der Waals surface area contributed by atoms with Crippen molar-refractivity contribution in [2.24, 2.45) is 0 Å². The summed E-state index contributed by atoms with van der Waals surface area (Å²) >= 11 is 0. The lowest BCUT2D eigenvalue weighted by molar-refractivity contribution is 0.0701. The predicted molar refractivity (Wildman–Crippen MR) is 110 cm³/mol. The van der Waals surface area contributed by atoms with E-state index in [4.69, 9.17) is 8.83 Å². The van der Waals surface area contributed by atoms with Gasteiger partial charge in [0.25, 0.3) is 5.91 Å². The van der Waals surface area contributed by atoms with Gasteiger partial charge >= 0.3 is 0 Å². The molecule has 150 valence electrons. The Morgan fingerprint density at radius 3 is 2.63 bits per heavy atom. The zero-order valence-electron chi connectivity index (χ0n) is 16.5. The number of aromatic hydroxyl groups is 1. The van der Waals surface area contributed by atoms with Gasteiger partial charge in [-0.1, -0.05) is 18.2 Å². The molecule has 4 aromatic rings. The lowest BCUT2D eigenvalue weighted by Crippen LogP contribution is -2.29. The zero-order chi connectivity index (χ0) is 21.0. The van der Waals surface area contributed by atoms with Gasteiger partial charge in [0.15, 0.2) is 5.43 Å². The smallest absolute Gasteiger partial charge is 0.291 e. The second-order valence-corrected chi connectivity index (χ2v) is 7.64. The molecule has 2 aromatic carbocycles. The Morgan fingerprint density at radius 1 is 1.07 bits per heavy atom. The number of nitrogens with zero attached hydrogens (tertiary/aromatic N) is 1. The molecular formula is C24H19NO5. The Hall–Kier alpha value is -3.80. The number of hydrogen-bond acceptors (Lipinski definition) is 5. The molecule has 0 saturated carbocycles. The normalized spacial score (nSPS) is 15.7. The number of aryl methyl sites for hydroxylation is 2. The second-order valence-electron chi connectivity index (χ2n) is 7.64. The average molecular weight is 401 g/mol. The second kappa shape index (κ2) is 6.62. The Balaban J connectivity index is 1.79. The van der Waals surface area contributed by atoms with Crippen molar-refractivity contribution in [3.8, 4) is 5.75 Å². The van der Waals surface area contributed by atoms with E-state index in [0.29, 0.717) is 22.3 Å². The molecule has 0 aliphatic carbocycles. The van der Waals surface area contributed by atoms with Crippen molar-refractivity contribution in [2.45, 2.75) is 26.4 Å². The van der Waals surface area contributed by atoms with Crippen molar-refractivity contribution in [3.63, 3.8) is 0 Å². The summed E-state index contributed by atoms with van der Waals surface area (Å²) in [5, 5.41) is 10.5. The molecule has 1 N–H and O–H groups in total. The third-order valence-corrected chi connectivity index (χ3v) is 5.50. The highest BCUT2D eigenvalue weighted by Gasteiger charge is 2.43. The topological polar surface area (TPSA) is 83.9 Å². The minimum atomic E-state index is -0.689. The molecule has 6 heteroatoms. The van der Waals surface area contributed by atoms with Crippen molar-refractivity contribution in [2.75, 3.05) is 0 Å². The van der Waals surface area contributed by atoms with Crippen molar-refractivity contribution in [1.29, 1.82) is 0 Å². The van der Waals surface area contributed by atoms with Crippen LogP contribution in [-0.4, -0.2) is 15.9 Å². The number of rotatable bonds is 3. The average Bonchev–Trinajstić information content (AvgIpc) is 3.29. The highest BCUT2D eigenvalue weighted by atomic mass is 16.4. The predicted octanol–water partition coefficient (Wildman–Crippen LogP) is 4.45. The van der Waals surface area contributed by atoms with Gasteiger partial charge in [0.1, 0.15) is 17.1 Å². The molecule has 30 heavy (non-hydrogen) atoms. The zero-order valence-corrected chi connectivity index (χ0v) is 16.5. The third kappa shape index (κ3) is 2.72. The fourth-order valence-electron chi connectivity index (χ4n) is 4.29. The largest absolute Gasteiger partial charge is 0.508 e. The molecule has 1 amide bonds. The van der Waals surface area contributed by atoms with E-state index in [1.807, 2.05) is 19.9 Å². The number of fused-ring (bicyclic) bond motifs is 2. The molecular weight excluding hydrogens is 382 g/mol. The van der Waals surface area contributed by atoms with E-state index in [1.54, 1.807) is 47.4 Å². The summed E-state index contributed by atoms with van der Waals surface area (Å²) in [5.74, 6) is 0.305. The first kappa shape index (κ1) is 18.2. The van der Waals surface area contributed by atoms with Crippen molar-refractivity contribution < 1.29 is 18.7 Å². The summed E-state index contributed by atoms with van der Waals surface area (Å²) in [6.45, 7) is 3.95. The van der Waals surface area contributed by atoms with Crippen LogP contribution in [0.2, 0.25) is 0 Å². The molecule has 1 aliphatic rings. The summed E-state index contributed by atoms with van der Waals surface area (Å²) in [7, 11) is 0. The first-order chi connectivity index (χ1) is 14.4. The minimum absolute atomic E-state index is 0.0393. The molecule has 0 radical (unpaired) electrons. The van der Waals surface area contributed by atoms with Gasteiger partial charge in [-0.2, -0.15) is 0 Å². The van der Waals surface area contributed by atoms with E-state index in [1.165, 1.54) is 6.26 Å². The van der Waals surface area contributed by atoms with E-state index in [9.17, 15) is 14.7 Å². The first-order valence-electron chi connectivity index (χ1n) is 9.64. The SMILES string of the molecule is Cc1cc(C)c2c(=O)c3c(oc2c1)C(=O)N(Cc1ccco1)[C@H]3c1cccc(O)c1. The Kier molecular flexibility index (Phi) is 4.03. The number of furan rings is 1. The molecule has 1 atom stereocenters. The van der Waals surface area contributed by atoms with Crippen LogP contribution in [-0.2, 0) is 6.54 Å². The molecule has 5 rings (SSSR count). The van der Waals surface area contributed by atoms with Gasteiger partial charge in [-0.3, -0.25) is 9.59 Å². The van der Waals surface area contributed by atoms with Crippen LogP contribution in [0, 0.1) is 13.8 Å². The van der Waals surface area contributed by atoms with Gasteiger partial charge in [0, 0.05) is 0 Å². The Bertz CT molecular complexity index is 1350. The van der Waals surface area contributed by atoms with Gasteiger partial charge in [-0.15, -0.1) is 0 Å². The van der Waals surface area contributed by atoms with E-state index in [0.717, 1.165) is 11.1 Å². The summed E-state index contributed by atoms with van der Waals surface area (Å²) in [5.41, 5.74) is 2.84. The monoisotopic (exact) mass is 401 g/mol. The number of carbonyl (C=O) groups is 1. The maximum atomic E-state index is 13.6. The highest BCUT2D eigenvalue weighted by Crippen LogP contribution is 2.40. The fraction of sp³-hybridized carbons (Fsp3) is 0.167. The van der Waals surface area contributed by atoms with Crippen LogP contribution in [0.25, 0.3) is 11.0 Å². The molecule has 0 saturated heterocycles. The van der Waals surface area contributed by atoms with Crippen molar-refractivity contribution >= 4 is 16.9 Å². The van der Waals surface area contributed by atoms with Gasteiger partial charge in [-0.25, -0.2) is 0 Å². The van der Waals surface area contributed by atoms with Crippen LogP contribution < -0.4 is 5.43 Å². The number of phenolic OH excluding ortho intramolecular Hbond substituents is 1. The van der Waals surface area contributed by atoms with Crippen LogP contribution >= 0.6 is 0 Å². The summed E-state index contributed by atoms with van der Waals surface area (Å²) in [4.78, 5) is 28.5. The lowest BCUT2D eigenvalue weighted by atomic mass is 9.96. The number of amides is 1. The fourth-order valence-corrected chi connectivity index (χ4v) is 4.29. The maximum Gasteiger partial charge on any atom is 0.291 e. The molecule has 2 aromatic heterocycles. The third-order valence-electron chi connectivity index (χ3n) is 5.50. The number of hydrogen-bond donors (Lipinski definition) is 1. The van der Waals surface area contributed by atoms with Crippen LogP contribution in [0.5, 0.6) is 5.75 Å². The lowest BCUT2D eigenvalue weighted by Gasteiger charge is -2.24. The van der Waals surface area contributed by atoms with E-state index >= 15 is 0 Å². The standard InChI is InChI=1S/C24H19NO5/c1-13-9-14(2)19-18(10-13)30-23-20(22(19)27)21(15-5-3-6-16(26)11-15)25(24(23)28)12-17-7-4-8-29-17/h3-11,21,26H,12H2,1-2H3/t21-/m0/s1. The number of phenols is 1. The molecule has 0 bridgehead atoms. The highest BCUT2D eigenvalue weighted by molar-refractivity contribution is 5.99. The summed E-state index contributed by atoms with van der Waals surface area (Å²) < 4.78 is 11.4. The Morgan fingerprint density at radius 2 is 1.90 bits per heavy atom. The molecule has 1 aliphatic heterocycles. The first-order valence-corrected chi connectivity index (χ1v) is 9.64. The molecule has 0 fully saturated rings. The van der Waals surface area contributed by atoms with Crippen LogP contribution in [0.4, 0.5) is 0 Å². The van der Waals surface area contributed by atoms with E-state index in [-0.39, 0.29) is 35.0 Å². The molecule has 6 nitrogen and oxygen atoms in total. The molecule has 3 heterocycles. The van der Waals surface area contributed by atoms with Crippen molar-refractivity contribution in [1.82, 2.24) is 4.90 Å². The summed E-state index contributed by atoms with van der Waals surface area (Å²) in [6, 6.07) is 13.1. The van der Waals surface area contributed by atoms with Crippen LogP contribution in [0.3, 0.4) is 0 Å². The molecule has 0 spiro atoms. The van der Waals surface area contributed by atoms with Gasteiger partial charge in [-0.05, 0) is 60.9 Å². The molecule has 0 unspecified atom stereocenters. The quantitative estimate of drug-likeness (QED) is 0.548. The van der Waals surface area contributed by atoms with E-state index in [2.05, 4.69) is 0 Å². The Labute approximate surface area is 172 Å². The van der Waals surface area contributed by atoms with Crippen LogP contribution in [0.15, 0.2) is 68.4 Å². The summed E-state index contributed by atoms with van der Waals surface area (Å²) in [6.07, 6.45) is 1.54. The van der Waals surface area contributed by atoms with Gasteiger partial charge < -0.3 is 18.8 Å². The van der Waals surface area contributed by atoms with Gasteiger partial charge in [0.05, 0.1) is 29.8 Å². The van der Waals surface area contributed by atoms with Gasteiger partial charge in [0.2, 0.25) is 5.76 Å². The minimum Gasteiger partial charge on any atom is -0.508 e.